The normalized spacial score (nSPS) is 30.1. The molecule has 0 bridgehead atoms. The number of rotatable bonds is 3. The molecule has 3 atom stereocenters. The van der Waals surface area contributed by atoms with Crippen molar-refractivity contribution in [1.29, 1.82) is 0 Å². The number of benzene rings is 1. The fourth-order valence-electron chi connectivity index (χ4n) is 3.46. The molecular formula is C17H26O. The van der Waals surface area contributed by atoms with Gasteiger partial charge in [-0.1, -0.05) is 43.7 Å². The van der Waals surface area contributed by atoms with Crippen LogP contribution in [0.2, 0.25) is 0 Å². The van der Waals surface area contributed by atoms with E-state index in [0.717, 1.165) is 18.3 Å². The van der Waals surface area contributed by atoms with E-state index in [1.54, 1.807) is 0 Å². The third-order valence-electron chi connectivity index (χ3n) is 4.32. The third kappa shape index (κ3) is 3.58. The van der Waals surface area contributed by atoms with Gasteiger partial charge < -0.3 is 5.11 Å². The first-order valence-corrected chi connectivity index (χ1v) is 7.28. The van der Waals surface area contributed by atoms with E-state index in [1.165, 1.54) is 30.4 Å². The summed E-state index contributed by atoms with van der Waals surface area (Å²) in [4.78, 5) is 0. The Morgan fingerprint density at radius 3 is 2.17 bits per heavy atom. The Kier molecular flexibility index (Phi) is 4.45. The standard InChI is InChI=1S/C17H26O/c1-12-4-6-15(7-5-12)11-17(18)16-9-13(2)8-14(3)10-16/h4-7,13-14,16-18H,8-11H2,1-3H3. The molecule has 100 valence electrons. The highest BCUT2D eigenvalue weighted by Crippen LogP contribution is 2.35. The third-order valence-corrected chi connectivity index (χ3v) is 4.32. The van der Waals surface area contributed by atoms with Crippen molar-refractivity contribution in [2.45, 2.75) is 52.6 Å². The van der Waals surface area contributed by atoms with Gasteiger partial charge in [0.05, 0.1) is 6.10 Å². The Balaban J connectivity index is 1.94. The number of aryl methyl sites for hydroxylation is 1. The second-order valence-corrected chi connectivity index (χ2v) is 6.43. The quantitative estimate of drug-likeness (QED) is 0.855. The number of aliphatic hydroxyl groups is 1. The predicted molar refractivity (Wildman–Crippen MR) is 76.6 cm³/mol. The number of aliphatic hydroxyl groups excluding tert-OH is 1. The van der Waals surface area contributed by atoms with Gasteiger partial charge in [-0.25, -0.2) is 0 Å². The van der Waals surface area contributed by atoms with Crippen molar-refractivity contribution < 1.29 is 5.11 Å². The van der Waals surface area contributed by atoms with Gasteiger partial charge in [0, 0.05) is 0 Å². The van der Waals surface area contributed by atoms with E-state index in [2.05, 4.69) is 45.0 Å². The number of hydrogen-bond acceptors (Lipinski definition) is 1. The molecule has 0 amide bonds. The van der Waals surface area contributed by atoms with Crippen LogP contribution in [0.1, 0.15) is 44.2 Å². The molecule has 1 heteroatoms. The van der Waals surface area contributed by atoms with Crippen LogP contribution in [0, 0.1) is 24.7 Å². The molecule has 18 heavy (non-hydrogen) atoms. The maximum absolute atomic E-state index is 10.4. The van der Waals surface area contributed by atoms with Crippen molar-refractivity contribution in [2.24, 2.45) is 17.8 Å². The Morgan fingerprint density at radius 1 is 1.06 bits per heavy atom. The fraction of sp³-hybridized carbons (Fsp3) is 0.647. The Bertz CT molecular complexity index is 358. The Labute approximate surface area is 111 Å². The van der Waals surface area contributed by atoms with E-state index in [4.69, 9.17) is 0 Å². The van der Waals surface area contributed by atoms with E-state index in [-0.39, 0.29) is 6.10 Å². The first-order chi connectivity index (χ1) is 8.54. The summed E-state index contributed by atoms with van der Waals surface area (Å²) in [6.07, 6.45) is 4.35. The molecule has 0 radical (unpaired) electrons. The molecule has 0 aromatic heterocycles. The minimum atomic E-state index is -0.169. The summed E-state index contributed by atoms with van der Waals surface area (Å²) in [6.45, 7) is 6.74. The molecule has 3 unspecified atom stereocenters. The number of hydrogen-bond donors (Lipinski definition) is 1. The molecule has 1 aliphatic carbocycles. The maximum atomic E-state index is 10.4. The predicted octanol–water partition coefficient (Wildman–Crippen LogP) is 3.97. The van der Waals surface area contributed by atoms with Crippen molar-refractivity contribution >= 4 is 0 Å². The average Bonchev–Trinajstić information content (AvgIpc) is 2.31. The smallest absolute Gasteiger partial charge is 0.0608 e. The zero-order chi connectivity index (χ0) is 13.1. The van der Waals surface area contributed by atoms with Crippen LogP contribution < -0.4 is 0 Å². The first kappa shape index (κ1) is 13.6. The zero-order valence-corrected chi connectivity index (χ0v) is 11.9. The summed E-state index contributed by atoms with van der Waals surface area (Å²) in [5, 5.41) is 10.4. The molecule has 1 aromatic rings. The lowest BCUT2D eigenvalue weighted by atomic mass is 9.73. The molecule has 1 N–H and O–H groups in total. The van der Waals surface area contributed by atoms with Crippen molar-refractivity contribution in [1.82, 2.24) is 0 Å². The van der Waals surface area contributed by atoms with E-state index in [0.29, 0.717) is 5.92 Å². The Hall–Kier alpha value is -0.820. The van der Waals surface area contributed by atoms with Gasteiger partial charge in [0.15, 0.2) is 0 Å². The first-order valence-electron chi connectivity index (χ1n) is 7.28. The van der Waals surface area contributed by atoms with Gasteiger partial charge in [0.2, 0.25) is 0 Å². The van der Waals surface area contributed by atoms with Gasteiger partial charge in [-0.2, -0.15) is 0 Å². The minimum Gasteiger partial charge on any atom is -0.392 e. The Morgan fingerprint density at radius 2 is 1.61 bits per heavy atom. The lowest BCUT2D eigenvalue weighted by Crippen LogP contribution is -2.30. The molecule has 0 heterocycles. The molecule has 1 aromatic carbocycles. The lowest BCUT2D eigenvalue weighted by Gasteiger charge is -2.34. The van der Waals surface area contributed by atoms with Crippen molar-refractivity contribution in [2.75, 3.05) is 0 Å². The highest BCUT2D eigenvalue weighted by Gasteiger charge is 2.28. The monoisotopic (exact) mass is 246 g/mol. The van der Waals surface area contributed by atoms with Crippen molar-refractivity contribution in [3.05, 3.63) is 35.4 Å². The van der Waals surface area contributed by atoms with Crippen LogP contribution >= 0.6 is 0 Å². The van der Waals surface area contributed by atoms with Gasteiger partial charge in [-0.3, -0.25) is 0 Å². The molecule has 1 fully saturated rings. The van der Waals surface area contributed by atoms with E-state index in [9.17, 15) is 5.11 Å². The second-order valence-electron chi connectivity index (χ2n) is 6.43. The van der Waals surface area contributed by atoms with E-state index < -0.39 is 0 Å². The van der Waals surface area contributed by atoms with Crippen LogP contribution in [0.4, 0.5) is 0 Å². The largest absolute Gasteiger partial charge is 0.392 e. The molecule has 0 spiro atoms. The molecule has 1 nitrogen and oxygen atoms in total. The fourth-order valence-corrected chi connectivity index (χ4v) is 3.46. The summed E-state index contributed by atoms with van der Waals surface area (Å²) >= 11 is 0. The van der Waals surface area contributed by atoms with Gasteiger partial charge >= 0.3 is 0 Å². The highest BCUT2D eigenvalue weighted by atomic mass is 16.3. The van der Waals surface area contributed by atoms with Crippen molar-refractivity contribution in [3.8, 4) is 0 Å². The second kappa shape index (κ2) is 5.88. The van der Waals surface area contributed by atoms with Gasteiger partial charge in [0.1, 0.15) is 0 Å². The average molecular weight is 246 g/mol. The molecular weight excluding hydrogens is 220 g/mol. The molecule has 0 aliphatic heterocycles. The topological polar surface area (TPSA) is 20.2 Å². The molecule has 0 saturated heterocycles. The summed E-state index contributed by atoms with van der Waals surface area (Å²) in [6, 6.07) is 8.56. The maximum Gasteiger partial charge on any atom is 0.0608 e. The van der Waals surface area contributed by atoms with Crippen LogP contribution in [0.3, 0.4) is 0 Å². The van der Waals surface area contributed by atoms with E-state index >= 15 is 0 Å². The van der Waals surface area contributed by atoms with Crippen LogP contribution in [-0.2, 0) is 6.42 Å². The lowest BCUT2D eigenvalue weighted by molar-refractivity contribution is 0.0561. The van der Waals surface area contributed by atoms with Crippen LogP contribution in [-0.4, -0.2) is 11.2 Å². The van der Waals surface area contributed by atoms with Gasteiger partial charge in [-0.15, -0.1) is 0 Å². The molecule has 2 rings (SSSR count). The van der Waals surface area contributed by atoms with Crippen LogP contribution in [0.25, 0.3) is 0 Å². The van der Waals surface area contributed by atoms with Crippen LogP contribution in [0.15, 0.2) is 24.3 Å². The summed E-state index contributed by atoms with van der Waals surface area (Å²) in [5.41, 5.74) is 2.55. The van der Waals surface area contributed by atoms with Gasteiger partial charge in [-0.05, 0) is 55.9 Å². The SMILES string of the molecule is Cc1ccc(CC(O)C2CC(C)CC(C)C2)cc1. The summed E-state index contributed by atoms with van der Waals surface area (Å²) in [7, 11) is 0. The minimum absolute atomic E-state index is 0.169. The molecule has 1 saturated carbocycles. The van der Waals surface area contributed by atoms with Crippen LogP contribution in [0.5, 0.6) is 0 Å². The summed E-state index contributed by atoms with van der Waals surface area (Å²) in [5.74, 6) is 2.03. The van der Waals surface area contributed by atoms with E-state index in [1.807, 2.05) is 0 Å². The van der Waals surface area contributed by atoms with Gasteiger partial charge in [0.25, 0.3) is 0 Å². The molecule has 1 aliphatic rings. The zero-order valence-electron chi connectivity index (χ0n) is 11.9. The highest BCUT2D eigenvalue weighted by molar-refractivity contribution is 5.21. The van der Waals surface area contributed by atoms with Crippen molar-refractivity contribution in [3.63, 3.8) is 0 Å². The summed E-state index contributed by atoms with van der Waals surface area (Å²) < 4.78 is 0.